The van der Waals surface area contributed by atoms with Crippen molar-refractivity contribution in [3.63, 3.8) is 0 Å². The van der Waals surface area contributed by atoms with Crippen molar-refractivity contribution in [3.8, 4) is 0 Å². The average Bonchev–Trinajstić information content (AvgIpc) is 3.03. The van der Waals surface area contributed by atoms with Gasteiger partial charge in [0, 0.05) is 39.7 Å². The molecule has 0 spiro atoms. The van der Waals surface area contributed by atoms with Gasteiger partial charge < -0.3 is 24.6 Å². The van der Waals surface area contributed by atoms with Crippen LogP contribution in [0.2, 0.25) is 0 Å². The molecule has 0 amide bonds. The monoisotopic (exact) mass is 454 g/mol. The molecule has 142 valence electrons. The van der Waals surface area contributed by atoms with Gasteiger partial charge >= 0.3 is 0 Å². The highest BCUT2D eigenvalue weighted by molar-refractivity contribution is 14.0. The first kappa shape index (κ1) is 21.9. The maximum absolute atomic E-state index is 5.67. The fourth-order valence-electron chi connectivity index (χ4n) is 3.39. The fourth-order valence-corrected chi connectivity index (χ4v) is 3.39. The Hall–Kier alpha value is -0.120. The van der Waals surface area contributed by atoms with Gasteiger partial charge in [0.15, 0.2) is 5.96 Å². The molecule has 0 aromatic carbocycles. The number of ether oxygens (including phenoxy) is 2. The number of likely N-dealkylation sites (tertiary alicyclic amines) is 2. The standard InChI is InChI=1S/C17H34N4O2.HI/c1-18-17(19-12-15-4-7-20(2)8-5-15)21-9-6-16(13-21)14-23-11-10-22-3;/h15-16H,4-14H2,1-3H3,(H,18,19);1H. The number of hydrogen-bond acceptors (Lipinski definition) is 4. The Morgan fingerprint density at radius 3 is 2.50 bits per heavy atom. The molecular weight excluding hydrogens is 419 g/mol. The number of nitrogens with one attached hydrogen (secondary N) is 1. The van der Waals surface area contributed by atoms with Gasteiger partial charge in [0.25, 0.3) is 0 Å². The summed E-state index contributed by atoms with van der Waals surface area (Å²) in [5, 5.41) is 3.59. The van der Waals surface area contributed by atoms with Crippen LogP contribution in [0.4, 0.5) is 0 Å². The van der Waals surface area contributed by atoms with E-state index in [2.05, 4.69) is 27.2 Å². The van der Waals surface area contributed by atoms with Gasteiger partial charge in [-0.3, -0.25) is 4.99 Å². The Balaban J connectivity index is 0.00000288. The summed E-state index contributed by atoms with van der Waals surface area (Å²) in [6.45, 7) is 7.79. The summed E-state index contributed by atoms with van der Waals surface area (Å²) in [6.07, 6.45) is 3.76. The number of aliphatic imine (C=N–C) groups is 1. The third-order valence-corrected chi connectivity index (χ3v) is 4.97. The van der Waals surface area contributed by atoms with Gasteiger partial charge in [-0.15, -0.1) is 24.0 Å². The van der Waals surface area contributed by atoms with E-state index in [1.807, 2.05) is 7.05 Å². The highest BCUT2D eigenvalue weighted by Gasteiger charge is 2.25. The van der Waals surface area contributed by atoms with Crippen molar-refractivity contribution in [2.45, 2.75) is 19.3 Å². The van der Waals surface area contributed by atoms with E-state index in [-0.39, 0.29) is 24.0 Å². The zero-order chi connectivity index (χ0) is 16.5. The second-order valence-electron chi connectivity index (χ2n) is 6.84. The topological polar surface area (TPSA) is 49.3 Å². The number of halogens is 1. The Morgan fingerprint density at radius 1 is 1.12 bits per heavy atom. The number of methoxy groups -OCH3 is 1. The zero-order valence-corrected chi connectivity index (χ0v) is 17.8. The first-order chi connectivity index (χ1) is 11.2. The smallest absolute Gasteiger partial charge is 0.193 e. The van der Waals surface area contributed by atoms with E-state index in [1.54, 1.807) is 7.11 Å². The van der Waals surface area contributed by atoms with Crippen LogP contribution in [-0.2, 0) is 9.47 Å². The molecule has 0 aromatic rings. The lowest BCUT2D eigenvalue weighted by Gasteiger charge is -2.30. The van der Waals surface area contributed by atoms with E-state index in [9.17, 15) is 0 Å². The van der Waals surface area contributed by atoms with Gasteiger partial charge in [0.05, 0.1) is 19.8 Å². The largest absolute Gasteiger partial charge is 0.382 e. The van der Waals surface area contributed by atoms with Crippen LogP contribution in [0.5, 0.6) is 0 Å². The lowest BCUT2D eigenvalue weighted by Crippen LogP contribution is -2.43. The van der Waals surface area contributed by atoms with Gasteiger partial charge in [-0.25, -0.2) is 0 Å². The molecule has 0 bridgehead atoms. The molecule has 24 heavy (non-hydrogen) atoms. The van der Waals surface area contributed by atoms with Crippen LogP contribution in [0.3, 0.4) is 0 Å². The van der Waals surface area contributed by atoms with Gasteiger partial charge in [0.2, 0.25) is 0 Å². The van der Waals surface area contributed by atoms with E-state index in [4.69, 9.17) is 9.47 Å². The minimum absolute atomic E-state index is 0. The van der Waals surface area contributed by atoms with Crippen molar-refractivity contribution in [3.05, 3.63) is 0 Å². The molecule has 2 aliphatic rings. The summed E-state index contributed by atoms with van der Waals surface area (Å²) in [5.74, 6) is 2.44. The van der Waals surface area contributed by atoms with E-state index >= 15 is 0 Å². The number of hydrogen-bond donors (Lipinski definition) is 1. The minimum Gasteiger partial charge on any atom is -0.382 e. The Labute approximate surface area is 164 Å². The Bertz CT molecular complexity index is 362. The molecule has 1 atom stereocenters. The molecule has 1 N–H and O–H groups in total. The lowest BCUT2D eigenvalue weighted by atomic mass is 9.97. The fraction of sp³-hybridized carbons (Fsp3) is 0.941. The SMILES string of the molecule is CN=C(NCC1CCN(C)CC1)N1CCC(COCCOC)C1.I. The zero-order valence-electron chi connectivity index (χ0n) is 15.5. The van der Waals surface area contributed by atoms with E-state index in [1.165, 1.54) is 32.4 Å². The molecule has 0 aliphatic carbocycles. The van der Waals surface area contributed by atoms with Gasteiger partial charge in [-0.2, -0.15) is 0 Å². The van der Waals surface area contributed by atoms with E-state index < -0.39 is 0 Å². The summed E-state index contributed by atoms with van der Waals surface area (Å²) in [6, 6.07) is 0. The predicted molar refractivity (Wildman–Crippen MR) is 109 cm³/mol. The maximum atomic E-state index is 5.67. The summed E-state index contributed by atoms with van der Waals surface area (Å²) in [5.41, 5.74) is 0. The first-order valence-corrected chi connectivity index (χ1v) is 8.93. The van der Waals surface area contributed by atoms with E-state index in [0.717, 1.165) is 38.1 Å². The van der Waals surface area contributed by atoms with E-state index in [0.29, 0.717) is 19.1 Å². The van der Waals surface area contributed by atoms with Crippen LogP contribution in [0.1, 0.15) is 19.3 Å². The number of rotatable bonds is 7. The molecule has 0 saturated carbocycles. The number of guanidine groups is 1. The van der Waals surface area contributed by atoms with Crippen molar-refractivity contribution < 1.29 is 9.47 Å². The Kier molecular flexibility index (Phi) is 11.2. The van der Waals surface area contributed by atoms with Crippen LogP contribution in [0, 0.1) is 11.8 Å². The van der Waals surface area contributed by atoms with Crippen molar-refractivity contribution in [2.24, 2.45) is 16.8 Å². The molecule has 6 nitrogen and oxygen atoms in total. The molecule has 2 heterocycles. The summed E-state index contributed by atoms with van der Waals surface area (Å²) in [7, 11) is 5.81. The quantitative estimate of drug-likeness (QED) is 0.274. The van der Waals surface area contributed by atoms with Crippen molar-refractivity contribution in [2.75, 3.05) is 73.7 Å². The molecule has 2 fully saturated rings. The van der Waals surface area contributed by atoms with Gasteiger partial charge in [-0.1, -0.05) is 0 Å². The normalized spacial score (nSPS) is 23.4. The molecule has 2 rings (SSSR count). The molecule has 2 aliphatic heterocycles. The number of nitrogens with zero attached hydrogens (tertiary/aromatic N) is 3. The van der Waals surface area contributed by atoms with Crippen LogP contribution in [-0.4, -0.2) is 89.5 Å². The maximum Gasteiger partial charge on any atom is 0.193 e. The highest BCUT2D eigenvalue weighted by atomic mass is 127. The first-order valence-electron chi connectivity index (χ1n) is 8.93. The average molecular weight is 454 g/mol. The molecule has 0 radical (unpaired) electrons. The second kappa shape index (κ2) is 12.3. The van der Waals surface area contributed by atoms with Crippen molar-refractivity contribution >= 4 is 29.9 Å². The van der Waals surface area contributed by atoms with Crippen LogP contribution < -0.4 is 5.32 Å². The van der Waals surface area contributed by atoms with Crippen LogP contribution >= 0.6 is 24.0 Å². The van der Waals surface area contributed by atoms with Gasteiger partial charge in [0.1, 0.15) is 0 Å². The van der Waals surface area contributed by atoms with Crippen molar-refractivity contribution in [1.82, 2.24) is 15.1 Å². The summed E-state index contributed by atoms with van der Waals surface area (Å²) >= 11 is 0. The minimum atomic E-state index is 0. The summed E-state index contributed by atoms with van der Waals surface area (Å²) in [4.78, 5) is 9.26. The molecule has 7 heteroatoms. The lowest BCUT2D eigenvalue weighted by molar-refractivity contribution is 0.0536. The summed E-state index contributed by atoms with van der Waals surface area (Å²) < 4.78 is 10.7. The van der Waals surface area contributed by atoms with Crippen LogP contribution in [0.15, 0.2) is 4.99 Å². The third-order valence-electron chi connectivity index (χ3n) is 4.97. The van der Waals surface area contributed by atoms with Crippen molar-refractivity contribution in [1.29, 1.82) is 0 Å². The molecule has 2 saturated heterocycles. The molecule has 1 unspecified atom stereocenters. The molecule has 0 aromatic heterocycles. The second-order valence-corrected chi connectivity index (χ2v) is 6.84. The third kappa shape index (κ3) is 7.41. The Morgan fingerprint density at radius 2 is 1.83 bits per heavy atom. The highest BCUT2D eigenvalue weighted by Crippen LogP contribution is 2.18. The van der Waals surface area contributed by atoms with Crippen LogP contribution in [0.25, 0.3) is 0 Å². The van der Waals surface area contributed by atoms with Gasteiger partial charge in [-0.05, 0) is 45.3 Å². The molecular formula is C17H35IN4O2. The predicted octanol–water partition coefficient (Wildman–Crippen LogP) is 1.51. The number of piperidine rings is 1.